The molecular weight excluding hydrogens is 861 g/mol. The van der Waals surface area contributed by atoms with Crippen molar-refractivity contribution in [3.63, 3.8) is 0 Å². The molecule has 0 spiro atoms. The van der Waals surface area contributed by atoms with Gasteiger partial charge >= 0.3 is 11.9 Å². The first-order valence-corrected chi connectivity index (χ1v) is 24.5. The Morgan fingerprint density at radius 1 is 0.574 bits per heavy atom. The van der Waals surface area contributed by atoms with Gasteiger partial charge in [-0.05, 0) is 145 Å². The lowest BCUT2D eigenvalue weighted by Crippen LogP contribution is -2.34. The summed E-state index contributed by atoms with van der Waals surface area (Å²) in [5, 5.41) is 0. The smallest absolute Gasteiger partial charge is 0.344 e. The number of rotatable bonds is 22. The normalized spacial score (nSPS) is 14.9. The number of para-hydroxylation sites is 2. The van der Waals surface area contributed by atoms with E-state index in [9.17, 15) is 9.59 Å². The van der Waals surface area contributed by atoms with Crippen molar-refractivity contribution >= 4 is 34.0 Å². The summed E-state index contributed by atoms with van der Waals surface area (Å²) in [5.74, 6) is 4.64. The fourth-order valence-electron chi connectivity index (χ4n) is 9.58. The third-order valence-electron chi connectivity index (χ3n) is 13.2. The molecule has 0 amide bonds. The highest BCUT2D eigenvalue weighted by Crippen LogP contribution is 2.29. The van der Waals surface area contributed by atoms with E-state index in [2.05, 4.69) is 77.0 Å². The molecule has 2 aromatic heterocycles. The highest BCUT2D eigenvalue weighted by molar-refractivity contribution is 5.79. The van der Waals surface area contributed by atoms with Gasteiger partial charge in [0.15, 0.2) is 13.2 Å². The van der Waals surface area contributed by atoms with Crippen molar-refractivity contribution in [3.8, 4) is 23.0 Å². The number of hydrogen-bond donors (Lipinski definition) is 0. The largest absolute Gasteiger partial charge is 0.491 e. The van der Waals surface area contributed by atoms with E-state index in [1.54, 1.807) is 6.92 Å². The third-order valence-corrected chi connectivity index (χ3v) is 13.2. The van der Waals surface area contributed by atoms with Crippen LogP contribution in [-0.4, -0.2) is 107 Å². The second-order valence-electron chi connectivity index (χ2n) is 18.2. The summed E-state index contributed by atoms with van der Waals surface area (Å²) in [6.45, 7) is 18.1. The predicted octanol–water partition coefficient (Wildman–Crippen LogP) is 8.93. The number of benzene rings is 4. The van der Waals surface area contributed by atoms with E-state index in [0.29, 0.717) is 63.5 Å². The standard InChI is InChI=1S/C54H68N6O8/c1-6-63-51(61)36-67-43-17-19-47-46(32-43)56-50(59(47)27-30-65-53-38(2)12-10-13-39(53)3)35-58-25-20-42(21-26-58)22-29-64-52(62)37-68-44-16-18-45-48(33-44)60(49(55-45)34-57-23-8-7-9-24-57)28-31-66-54-40(4)14-11-15-41(54)5/h10-19,32-33,42H,6-9,20-31,34-37H2,1-5H3. The van der Waals surface area contributed by atoms with Crippen LogP contribution in [0.3, 0.4) is 0 Å². The van der Waals surface area contributed by atoms with Crippen molar-refractivity contribution in [3.05, 3.63) is 107 Å². The van der Waals surface area contributed by atoms with E-state index < -0.39 is 5.97 Å². The first-order valence-electron chi connectivity index (χ1n) is 24.5. The molecule has 68 heavy (non-hydrogen) atoms. The second-order valence-corrected chi connectivity index (χ2v) is 18.2. The zero-order valence-electron chi connectivity index (χ0n) is 40.6. The van der Waals surface area contributed by atoms with Gasteiger partial charge in [0.25, 0.3) is 0 Å². The minimum Gasteiger partial charge on any atom is -0.491 e. The topological polar surface area (TPSA) is 132 Å². The maximum atomic E-state index is 13.0. The minimum atomic E-state index is -0.407. The molecule has 14 nitrogen and oxygen atoms in total. The van der Waals surface area contributed by atoms with Gasteiger partial charge in [-0.3, -0.25) is 9.80 Å². The molecule has 6 aromatic rings. The van der Waals surface area contributed by atoms with Crippen LogP contribution in [0.15, 0.2) is 72.8 Å². The van der Waals surface area contributed by atoms with Crippen molar-refractivity contribution in [2.75, 3.05) is 65.8 Å². The zero-order valence-corrected chi connectivity index (χ0v) is 40.6. The molecule has 2 aliphatic rings. The van der Waals surface area contributed by atoms with Crippen LogP contribution < -0.4 is 18.9 Å². The molecule has 14 heteroatoms. The zero-order chi connectivity index (χ0) is 47.4. The van der Waals surface area contributed by atoms with Crippen LogP contribution in [0.4, 0.5) is 0 Å². The first kappa shape index (κ1) is 48.3. The monoisotopic (exact) mass is 929 g/mol. The number of hydrogen-bond acceptors (Lipinski definition) is 12. The summed E-state index contributed by atoms with van der Waals surface area (Å²) in [6, 6.07) is 24.0. The Labute approximate surface area is 400 Å². The number of piperidine rings is 2. The second kappa shape index (κ2) is 23.3. The van der Waals surface area contributed by atoms with Gasteiger partial charge in [0.05, 0.1) is 61.5 Å². The molecule has 362 valence electrons. The van der Waals surface area contributed by atoms with Gasteiger partial charge in [0.2, 0.25) is 0 Å². The number of esters is 2. The number of nitrogens with zero attached hydrogens (tertiary/aromatic N) is 6. The average Bonchev–Trinajstić information content (AvgIpc) is 3.85. The van der Waals surface area contributed by atoms with Gasteiger partial charge in [0.1, 0.15) is 47.9 Å². The van der Waals surface area contributed by atoms with Crippen molar-refractivity contribution in [2.24, 2.45) is 5.92 Å². The van der Waals surface area contributed by atoms with Crippen LogP contribution in [-0.2, 0) is 45.2 Å². The van der Waals surface area contributed by atoms with Gasteiger partial charge in [-0.2, -0.15) is 0 Å². The number of fused-ring (bicyclic) bond motifs is 2. The van der Waals surface area contributed by atoms with Gasteiger partial charge in [-0.15, -0.1) is 0 Å². The van der Waals surface area contributed by atoms with E-state index in [4.69, 9.17) is 38.4 Å². The van der Waals surface area contributed by atoms with Crippen LogP contribution in [0.1, 0.15) is 79.4 Å². The van der Waals surface area contributed by atoms with Crippen LogP contribution in [0.5, 0.6) is 23.0 Å². The lowest BCUT2D eigenvalue weighted by atomic mass is 9.94. The van der Waals surface area contributed by atoms with E-state index in [1.807, 2.05) is 42.5 Å². The van der Waals surface area contributed by atoms with Crippen molar-refractivity contribution in [1.82, 2.24) is 28.9 Å². The van der Waals surface area contributed by atoms with E-state index in [-0.39, 0.29) is 19.2 Å². The molecule has 0 radical (unpaired) electrons. The van der Waals surface area contributed by atoms with Crippen molar-refractivity contribution in [2.45, 2.75) is 99.3 Å². The van der Waals surface area contributed by atoms with Crippen LogP contribution in [0, 0.1) is 33.6 Å². The number of likely N-dealkylation sites (tertiary alicyclic amines) is 2. The Bertz CT molecular complexity index is 2600. The van der Waals surface area contributed by atoms with Gasteiger partial charge in [-0.1, -0.05) is 42.8 Å². The number of ether oxygens (including phenoxy) is 6. The number of imidazole rings is 2. The van der Waals surface area contributed by atoms with Gasteiger partial charge in [0, 0.05) is 12.1 Å². The Kier molecular flexibility index (Phi) is 16.5. The van der Waals surface area contributed by atoms with Gasteiger partial charge < -0.3 is 37.6 Å². The highest BCUT2D eigenvalue weighted by atomic mass is 16.6. The minimum absolute atomic E-state index is 0.157. The molecule has 0 N–H and O–H groups in total. The van der Waals surface area contributed by atoms with Gasteiger partial charge in [-0.25, -0.2) is 19.6 Å². The summed E-state index contributed by atoms with van der Waals surface area (Å²) in [6.07, 6.45) is 6.50. The lowest BCUT2D eigenvalue weighted by molar-refractivity contribution is -0.147. The molecule has 0 unspecified atom stereocenters. The SMILES string of the molecule is CCOC(=O)COc1ccc2c(c1)nc(CN1CCC(CCOC(=O)COc3ccc4nc(CN5CCCCC5)n(CCOc5c(C)cccc5C)c4c3)CC1)n2CCOc1c(C)cccc1C. The quantitative estimate of drug-likeness (QED) is 0.0603. The van der Waals surface area contributed by atoms with Crippen LogP contribution in [0.2, 0.25) is 0 Å². The van der Waals surface area contributed by atoms with Crippen molar-refractivity contribution < 1.29 is 38.0 Å². The van der Waals surface area contributed by atoms with Crippen LogP contribution >= 0.6 is 0 Å². The molecule has 0 atom stereocenters. The Morgan fingerprint density at radius 3 is 1.71 bits per heavy atom. The molecule has 8 rings (SSSR count). The Morgan fingerprint density at radius 2 is 1.10 bits per heavy atom. The molecule has 0 saturated carbocycles. The molecular formula is C54H68N6O8. The number of carbonyl (C=O) groups is 2. The highest BCUT2D eigenvalue weighted by Gasteiger charge is 2.23. The third kappa shape index (κ3) is 12.5. The molecule has 2 aliphatic heterocycles. The summed E-state index contributed by atoms with van der Waals surface area (Å²) >= 11 is 0. The summed E-state index contributed by atoms with van der Waals surface area (Å²) in [4.78, 5) is 40.0. The van der Waals surface area contributed by atoms with E-state index >= 15 is 0 Å². The summed E-state index contributed by atoms with van der Waals surface area (Å²) < 4.78 is 39.7. The number of aryl methyl sites for hydroxylation is 4. The summed E-state index contributed by atoms with van der Waals surface area (Å²) in [7, 11) is 0. The van der Waals surface area contributed by atoms with E-state index in [0.717, 1.165) is 119 Å². The lowest BCUT2D eigenvalue weighted by Gasteiger charge is -2.31. The fourth-order valence-corrected chi connectivity index (χ4v) is 9.58. The molecule has 2 fully saturated rings. The fraction of sp³-hybridized carbons (Fsp3) is 0.481. The van der Waals surface area contributed by atoms with Crippen LogP contribution in [0.25, 0.3) is 22.1 Å². The molecule has 0 aliphatic carbocycles. The Balaban J connectivity index is 0.828. The van der Waals surface area contributed by atoms with E-state index in [1.165, 1.54) is 19.3 Å². The molecule has 0 bridgehead atoms. The molecule has 2 saturated heterocycles. The number of carbonyl (C=O) groups excluding carboxylic acids is 2. The molecule has 4 heterocycles. The maximum absolute atomic E-state index is 13.0. The predicted molar refractivity (Wildman–Crippen MR) is 263 cm³/mol. The molecule has 4 aromatic carbocycles. The number of aromatic nitrogens is 4. The first-order chi connectivity index (χ1) is 33.1. The maximum Gasteiger partial charge on any atom is 0.344 e. The Hall–Kier alpha value is -6.12. The van der Waals surface area contributed by atoms with Crippen molar-refractivity contribution in [1.29, 1.82) is 0 Å². The average molecular weight is 929 g/mol. The summed E-state index contributed by atoms with van der Waals surface area (Å²) in [5.41, 5.74) is 8.10.